The first-order valence-corrected chi connectivity index (χ1v) is 10.5. The molecule has 2 aromatic rings. The fourth-order valence-electron chi connectivity index (χ4n) is 4.48. The quantitative estimate of drug-likeness (QED) is 0.875. The minimum atomic E-state index is -0.335. The molecule has 1 unspecified atom stereocenters. The topological polar surface area (TPSA) is 48.7 Å². The molecule has 146 valence electrons. The molecule has 5 heteroatoms. The highest BCUT2D eigenvalue weighted by Crippen LogP contribution is 2.29. The molecule has 1 aliphatic carbocycles. The summed E-state index contributed by atoms with van der Waals surface area (Å²) in [5, 5.41) is 4.40. The lowest BCUT2D eigenvalue weighted by atomic mass is 9.95. The van der Waals surface area contributed by atoms with E-state index in [-0.39, 0.29) is 11.9 Å². The predicted molar refractivity (Wildman–Crippen MR) is 108 cm³/mol. The smallest absolute Gasteiger partial charge is 0.245 e. The maximum atomic E-state index is 13.3. The number of carbonyl (C=O) groups is 1. The second-order valence-electron chi connectivity index (χ2n) is 7.90. The van der Waals surface area contributed by atoms with Gasteiger partial charge in [-0.25, -0.2) is 0 Å². The summed E-state index contributed by atoms with van der Waals surface area (Å²) < 4.78 is 6.13. The van der Waals surface area contributed by atoms with Crippen LogP contribution < -0.4 is 5.32 Å². The van der Waals surface area contributed by atoms with Crippen LogP contribution >= 0.6 is 0 Å². The van der Waals surface area contributed by atoms with Crippen molar-refractivity contribution in [2.75, 3.05) is 32.7 Å². The lowest BCUT2D eigenvalue weighted by Crippen LogP contribution is -2.52. The number of amides is 1. The molecule has 0 spiro atoms. The maximum Gasteiger partial charge on any atom is 0.245 e. The van der Waals surface area contributed by atoms with Crippen molar-refractivity contribution in [2.45, 2.75) is 51.1 Å². The van der Waals surface area contributed by atoms with E-state index in [9.17, 15) is 4.79 Å². The van der Waals surface area contributed by atoms with Gasteiger partial charge in [-0.2, -0.15) is 0 Å². The molecule has 1 saturated carbocycles. The highest BCUT2D eigenvalue weighted by atomic mass is 16.3. The Bertz CT molecular complexity index is 725. The molecule has 1 N–H and O–H groups in total. The molecule has 0 radical (unpaired) electrons. The lowest BCUT2D eigenvalue weighted by molar-refractivity contribution is -0.129. The van der Waals surface area contributed by atoms with Crippen molar-refractivity contribution in [2.24, 2.45) is 0 Å². The van der Waals surface area contributed by atoms with Crippen LogP contribution in [-0.2, 0) is 4.79 Å². The van der Waals surface area contributed by atoms with E-state index in [1.807, 2.05) is 30.3 Å². The number of nitrogens with zero attached hydrogens (tertiary/aromatic N) is 2. The molecule has 27 heavy (non-hydrogen) atoms. The zero-order valence-electron chi connectivity index (χ0n) is 16.3. The molecule has 2 fully saturated rings. The van der Waals surface area contributed by atoms with Crippen LogP contribution in [0.2, 0.25) is 0 Å². The van der Waals surface area contributed by atoms with Crippen LogP contribution in [0.5, 0.6) is 0 Å². The predicted octanol–water partition coefficient (Wildman–Crippen LogP) is 3.56. The van der Waals surface area contributed by atoms with E-state index in [1.165, 1.54) is 19.3 Å². The van der Waals surface area contributed by atoms with Gasteiger partial charge in [-0.05, 0) is 31.5 Å². The molecule has 1 aromatic carbocycles. The lowest BCUT2D eigenvalue weighted by Gasteiger charge is -2.38. The molecular weight excluding hydrogens is 338 g/mol. The Morgan fingerprint density at radius 3 is 2.59 bits per heavy atom. The minimum absolute atomic E-state index is 0.103. The second kappa shape index (κ2) is 8.44. The third kappa shape index (κ3) is 4.19. The Balaban J connectivity index is 1.57. The Kier molecular flexibility index (Phi) is 5.79. The highest BCUT2D eigenvalue weighted by molar-refractivity contribution is 5.85. The van der Waals surface area contributed by atoms with Crippen LogP contribution in [0.1, 0.15) is 50.8 Å². The van der Waals surface area contributed by atoms with Crippen LogP contribution in [0.15, 0.2) is 34.7 Å². The molecule has 1 aromatic heterocycles. The van der Waals surface area contributed by atoms with Gasteiger partial charge in [-0.3, -0.25) is 9.69 Å². The molecule has 1 atom stereocenters. The number of hydrogen-bond acceptors (Lipinski definition) is 4. The van der Waals surface area contributed by atoms with E-state index in [1.54, 1.807) is 0 Å². The summed E-state index contributed by atoms with van der Waals surface area (Å²) in [5.41, 5.74) is 0.857. The summed E-state index contributed by atoms with van der Waals surface area (Å²) in [5.74, 6) is 0.875. The summed E-state index contributed by atoms with van der Waals surface area (Å²) in [6.07, 6.45) is 5.92. The van der Waals surface area contributed by atoms with Crippen molar-refractivity contribution in [3.05, 3.63) is 36.1 Å². The van der Waals surface area contributed by atoms with Gasteiger partial charge in [0.15, 0.2) is 0 Å². The molecule has 2 heterocycles. The van der Waals surface area contributed by atoms with Gasteiger partial charge in [0.25, 0.3) is 0 Å². The average Bonchev–Trinajstić information content (AvgIpc) is 3.13. The van der Waals surface area contributed by atoms with Crippen molar-refractivity contribution < 1.29 is 9.21 Å². The zero-order chi connectivity index (χ0) is 18.6. The second-order valence-corrected chi connectivity index (χ2v) is 7.90. The first-order valence-electron chi connectivity index (χ1n) is 10.5. The van der Waals surface area contributed by atoms with Crippen LogP contribution in [0.3, 0.4) is 0 Å². The summed E-state index contributed by atoms with van der Waals surface area (Å²) in [4.78, 5) is 18.0. The van der Waals surface area contributed by atoms with Crippen molar-refractivity contribution in [1.82, 2.24) is 15.1 Å². The van der Waals surface area contributed by atoms with E-state index in [4.69, 9.17) is 4.42 Å². The van der Waals surface area contributed by atoms with E-state index in [2.05, 4.69) is 22.0 Å². The number of furan rings is 1. The van der Waals surface area contributed by atoms with Gasteiger partial charge in [0.05, 0.1) is 0 Å². The third-order valence-corrected chi connectivity index (χ3v) is 6.13. The van der Waals surface area contributed by atoms with Crippen molar-refractivity contribution in [1.29, 1.82) is 0 Å². The van der Waals surface area contributed by atoms with Gasteiger partial charge in [-0.15, -0.1) is 0 Å². The van der Waals surface area contributed by atoms with Gasteiger partial charge < -0.3 is 14.6 Å². The monoisotopic (exact) mass is 369 g/mol. The Morgan fingerprint density at radius 2 is 1.89 bits per heavy atom. The van der Waals surface area contributed by atoms with Crippen molar-refractivity contribution in [3.8, 4) is 0 Å². The summed E-state index contributed by atoms with van der Waals surface area (Å²) in [6.45, 7) is 7.06. The number of rotatable bonds is 5. The van der Waals surface area contributed by atoms with Gasteiger partial charge >= 0.3 is 0 Å². The van der Waals surface area contributed by atoms with Crippen molar-refractivity contribution >= 4 is 16.9 Å². The SMILES string of the molecule is CCN1CCN(C(C(=O)NC2CCCCC2)c2cc3ccccc3o2)CC1. The molecule has 0 bridgehead atoms. The minimum Gasteiger partial charge on any atom is -0.459 e. The van der Waals surface area contributed by atoms with E-state index in [0.717, 1.165) is 62.3 Å². The molecule has 2 aliphatic rings. The fraction of sp³-hybridized carbons (Fsp3) is 0.591. The van der Waals surface area contributed by atoms with E-state index in [0.29, 0.717) is 6.04 Å². The number of fused-ring (bicyclic) bond motifs is 1. The Labute approximate surface area is 161 Å². The number of para-hydroxylation sites is 1. The van der Waals surface area contributed by atoms with Gasteiger partial charge in [0.2, 0.25) is 5.91 Å². The van der Waals surface area contributed by atoms with Crippen LogP contribution in [-0.4, -0.2) is 54.5 Å². The van der Waals surface area contributed by atoms with Crippen LogP contribution in [0.25, 0.3) is 11.0 Å². The summed E-state index contributed by atoms with van der Waals surface area (Å²) in [6, 6.07) is 10.0. The molecule has 1 saturated heterocycles. The van der Waals surface area contributed by atoms with Crippen LogP contribution in [0, 0.1) is 0 Å². The number of likely N-dealkylation sites (N-methyl/N-ethyl adjacent to an activating group) is 1. The Morgan fingerprint density at radius 1 is 1.15 bits per heavy atom. The van der Waals surface area contributed by atoms with Gasteiger partial charge in [-0.1, -0.05) is 44.4 Å². The number of hydrogen-bond donors (Lipinski definition) is 1. The highest BCUT2D eigenvalue weighted by Gasteiger charge is 2.34. The largest absolute Gasteiger partial charge is 0.459 e. The van der Waals surface area contributed by atoms with E-state index < -0.39 is 0 Å². The van der Waals surface area contributed by atoms with E-state index >= 15 is 0 Å². The van der Waals surface area contributed by atoms with Crippen LogP contribution in [0.4, 0.5) is 0 Å². The number of benzene rings is 1. The standard InChI is InChI=1S/C22H31N3O2/c1-2-24-12-14-25(15-13-24)21(22(26)23-18-9-4-3-5-10-18)20-16-17-8-6-7-11-19(17)27-20/h6-8,11,16,18,21H,2-5,9-10,12-15H2,1H3,(H,23,26). The molecule has 4 rings (SSSR count). The normalized spacial score (nSPS) is 21.4. The van der Waals surface area contributed by atoms with Gasteiger partial charge in [0.1, 0.15) is 17.4 Å². The number of nitrogens with one attached hydrogen (secondary N) is 1. The fourth-order valence-corrected chi connectivity index (χ4v) is 4.48. The molecule has 1 aliphatic heterocycles. The average molecular weight is 370 g/mol. The summed E-state index contributed by atoms with van der Waals surface area (Å²) in [7, 11) is 0. The van der Waals surface area contributed by atoms with Crippen molar-refractivity contribution in [3.63, 3.8) is 0 Å². The maximum absolute atomic E-state index is 13.3. The third-order valence-electron chi connectivity index (χ3n) is 6.13. The molecule has 1 amide bonds. The number of carbonyl (C=O) groups excluding carboxylic acids is 1. The molecular formula is C22H31N3O2. The molecule has 5 nitrogen and oxygen atoms in total. The Hall–Kier alpha value is -1.85. The summed E-state index contributed by atoms with van der Waals surface area (Å²) >= 11 is 0. The number of piperazine rings is 1. The first-order chi connectivity index (χ1) is 13.2. The zero-order valence-corrected chi connectivity index (χ0v) is 16.3. The van der Waals surface area contributed by atoms with Gasteiger partial charge in [0, 0.05) is 37.6 Å². The first kappa shape index (κ1) is 18.5.